The Morgan fingerprint density at radius 3 is 2.62 bits per heavy atom. The molecule has 21 heavy (non-hydrogen) atoms. The first-order valence-electron chi connectivity index (χ1n) is 8.18. The Kier molecular flexibility index (Phi) is 5.39. The van der Waals surface area contributed by atoms with Crippen LogP contribution < -0.4 is 5.73 Å². The fourth-order valence-electron chi connectivity index (χ4n) is 3.36. The highest BCUT2D eigenvalue weighted by molar-refractivity contribution is 5.23. The van der Waals surface area contributed by atoms with Crippen molar-refractivity contribution < 1.29 is 4.39 Å². The highest BCUT2D eigenvalue weighted by Crippen LogP contribution is 2.35. The van der Waals surface area contributed by atoms with E-state index >= 15 is 0 Å². The molecule has 2 unspecified atom stereocenters. The first-order chi connectivity index (χ1) is 9.94. The SMILES string of the molecule is CCC(N)C(c1ccccc1F)N1CCCC(C)(C)CC1. The molecule has 0 saturated carbocycles. The summed E-state index contributed by atoms with van der Waals surface area (Å²) in [5.74, 6) is -0.130. The summed E-state index contributed by atoms with van der Waals surface area (Å²) in [6, 6.07) is 7.07. The highest BCUT2D eigenvalue weighted by Gasteiger charge is 2.31. The molecule has 2 atom stereocenters. The molecule has 2 nitrogen and oxygen atoms in total. The summed E-state index contributed by atoms with van der Waals surface area (Å²) in [5, 5.41) is 0. The smallest absolute Gasteiger partial charge is 0.128 e. The Balaban J connectivity index is 2.26. The van der Waals surface area contributed by atoms with Gasteiger partial charge < -0.3 is 5.73 Å². The minimum atomic E-state index is -0.130. The van der Waals surface area contributed by atoms with Crippen LogP contribution in [0.3, 0.4) is 0 Å². The number of likely N-dealkylation sites (tertiary alicyclic amines) is 1. The third kappa shape index (κ3) is 4.04. The lowest BCUT2D eigenvalue weighted by Gasteiger charge is -2.35. The number of hydrogen-bond acceptors (Lipinski definition) is 2. The van der Waals surface area contributed by atoms with Crippen LogP contribution in [0.15, 0.2) is 24.3 Å². The molecule has 1 aromatic carbocycles. The summed E-state index contributed by atoms with van der Waals surface area (Å²) in [6.07, 6.45) is 4.40. The van der Waals surface area contributed by atoms with Crippen LogP contribution in [0.4, 0.5) is 4.39 Å². The Labute approximate surface area is 128 Å². The van der Waals surface area contributed by atoms with E-state index in [1.54, 1.807) is 12.1 Å². The monoisotopic (exact) mass is 292 g/mol. The van der Waals surface area contributed by atoms with Crippen molar-refractivity contribution in [2.45, 2.75) is 58.5 Å². The number of nitrogens with two attached hydrogens (primary N) is 1. The van der Waals surface area contributed by atoms with Gasteiger partial charge in [-0.3, -0.25) is 4.90 Å². The normalized spacial score (nSPS) is 22.5. The van der Waals surface area contributed by atoms with Crippen molar-refractivity contribution in [1.29, 1.82) is 0 Å². The number of benzene rings is 1. The molecule has 0 radical (unpaired) electrons. The molecule has 0 aromatic heterocycles. The van der Waals surface area contributed by atoms with E-state index in [0.29, 0.717) is 5.41 Å². The van der Waals surface area contributed by atoms with Crippen LogP contribution in [0.2, 0.25) is 0 Å². The second-order valence-electron chi connectivity index (χ2n) is 7.09. The molecule has 1 aromatic rings. The molecule has 1 fully saturated rings. The van der Waals surface area contributed by atoms with Gasteiger partial charge in [-0.05, 0) is 50.3 Å². The number of halogens is 1. The highest BCUT2D eigenvalue weighted by atomic mass is 19.1. The Morgan fingerprint density at radius 2 is 1.95 bits per heavy atom. The topological polar surface area (TPSA) is 29.3 Å². The van der Waals surface area contributed by atoms with E-state index in [0.717, 1.165) is 37.9 Å². The fraction of sp³-hybridized carbons (Fsp3) is 0.667. The summed E-state index contributed by atoms with van der Waals surface area (Å²) < 4.78 is 14.3. The lowest BCUT2D eigenvalue weighted by molar-refractivity contribution is 0.165. The van der Waals surface area contributed by atoms with Crippen molar-refractivity contribution in [3.05, 3.63) is 35.6 Å². The minimum Gasteiger partial charge on any atom is -0.326 e. The molecule has 118 valence electrons. The summed E-state index contributed by atoms with van der Waals surface area (Å²) >= 11 is 0. The third-order valence-corrected chi connectivity index (χ3v) is 4.87. The van der Waals surface area contributed by atoms with Gasteiger partial charge >= 0.3 is 0 Å². The first-order valence-corrected chi connectivity index (χ1v) is 8.18. The summed E-state index contributed by atoms with van der Waals surface area (Å²) in [4.78, 5) is 2.40. The molecule has 1 aliphatic rings. The molecule has 2 rings (SSSR count). The van der Waals surface area contributed by atoms with Gasteiger partial charge in [-0.25, -0.2) is 4.39 Å². The quantitative estimate of drug-likeness (QED) is 0.904. The van der Waals surface area contributed by atoms with Crippen LogP contribution in [0.1, 0.15) is 58.1 Å². The summed E-state index contributed by atoms with van der Waals surface area (Å²) in [5.41, 5.74) is 7.50. The van der Waals surface area contributed by atoms with E-state index < -0.39 is 0 Å². The molecular formula is C18H29FN2. The molecule has 3 heteroatoms. The largest absolute Gasteiger partial charge is 0.326 e. The van der Waals surface area contributed by atoms with Gasteiger partial charge in [-0.1, -0.05) is 39.0 Å². The molecule has 0 spiro atoms. The van der Waals surface area contributed by atoms with Gasteiger partial charge in [-0.15, -0.1) is 0 Å². The molecule has 1 saturated heterocycles. The maximum absolute atomic E-state index is 14.3. The number of nitrogens with zero attached hydrogens (tertiary/aromatic N) is 1. The van der Waals surface area contributed by atoms with E-state index in [4.69, 9.17) is 5.73 Å². The van der Waals surface area contributed by atoms with Crippen molar-refractivity contribution in [3.63, 3.8) is 0 Å². The standard InChI is InChI=1S/C18H29FN2/c1-4-16(20)17(14-8-5-6-9-15(14)19)21-12-7-10-18(2,3)11-13-21/h5-6,8-9,16-17H,4,7,10-13,20H2,1-3H3. The maximum atomic E-state index is 14.3. The van der Waals surface area contributed by atoms with Crippen molar-refractivity contribution in [2.75, 3.05) is 13.1 Å². The van der Waals surface area contributed by atoms with Crippen molar-refractivity contribution in [3.8, 4) is 0 Å². The van der Waals surface area contributed by atoms with Gasteiger partial charge in [0.05, 0.1) is 6.04 Å². The maximum Gasteiger partial charge on any atom is 0.128 e. The van der Waals surface area contributed by atoms with Gasteiger partial charge in [0.25, 0.3) is 0 Å². The second kappa shape index (κ2) is 6.89. The molecule has 1 heterocycles. The van der Waals surface area contributed by atoms with Gasteiger partial charge in [0.2, 0.25) is 0 Å². The van der Waals surface area contributed by atoms with Crippen LogP contribution in [0, 0.1) is 11.2 Å². The molecule has 1 aliphatic heterocycles. The second-order valence-corrected chi connectivity index (χ2v) is 7.09. The molecule has 0 aliphatic carbocycles. The average molecular weight is 292 g/mol. The van der Waals surface area contributed by atoms with Gasteiger partial charge in [0.1, 0.15) is 5.82 Å². The van der Waals surface area contributed by atoms with Crippen LogP contribution in [0.5, 0.6) is 0 Å². The van der Waals surface area contributed by atoms with E-state index in [2.05, 4.69) is 25.7 Å². The van der Waals surface area contributed by atoms with Gasteiger partial charge in [-0.2, -0.15) is 0 Å². The molecule has 0 bridgehead atoms. The first kappa shape index (κ1) is 16.4. The van der Waals surface area contributed by atoms with Crippen LogP contribution in [0.25, 0.3) is 0 Å². The molecule has 2 N–H and O–H groups in total. The lowest BCUT2D eigenvalue weighted by Crippen LogP contribution is -2.42. The molecular weight excluding hydrogens is 263 g/mol. The van der Waals surface area contributed by atoms with Gasteiger partial charge in [0, 0.05) is 11.6 Å². The Morgan fingerprint density at radius 1 is 1.24 bits per heavy atom. The number of rotatable bonds is 4. The van der Waals surface area contributed by atoms with Crippen molar-refractivity contribution >= 4 is 0 Å². The zero-order valence-corrected chi connectivity index (χ0v) is 13.6. The third-order valence-electron chi connectivity index (χ3n) is 4.87. The van der Waals surface area contributed by atoms with Crippen LogP contribution in [-0.2, 0) is 0 Å². The van der Waals surface area contributed by atoms with E-state index in [1.807, 2.05) is 12.1 Å². The van der Waals surface area contributed by atoms with E-state index in [1.165, 1.54) is 6.42 Å². The lowest BCUT2D eigenvalue weighted by atomic mass is 9.85. The molecule has 0 amide bonds. The van der Waals surface area contributed by atoms with Crippen LogP contribution >= 0.6 is 0 Å². The number of hydrogen-bond donors (Lipinski definition) is 1. The van der Waals surface area contributed by atoms with Crippen molar-refractivity contribution in [1.82, 2.24) is 4.90 Å². The van der Waals surface area contributed by atoms with Gasteiger partial charge in [0.15, 0.2) is 0 Å². The average Bonchev–Trinajstić information content (AvgIpc) is 2.62. The van der Waals surface area contributed by atoms with Crippen molar-refractivity contribution in [2.24, 2.45) is 11.1 Å². The van der Waals surface area contributed by atoms with E-state index in [9.17, 15) is 4.39 Å². The summed E-state index contributed by atoms with van der Waals surface area (Å²) in [6.45, 7) is 8.75. The van der Waals surface area contributed by atoms with Crippen LogP contribution in [-0.4, -0.2) is 24.0 Å². The minimum absolute atomic E-state index is 0.00917. The zero-order valence-electron chi connectivity index (χ0n) is 13.6. The Hall–Kier alpha value is -0.930. The predicted octanol–water partition coefficient (Wildman–Crippen LogP) is 4.12. The predicted molar refractivity (Wildman–Crippen MR) is 86.6 cm³/mol. The van der Waals surface area contributed by atoms with E-state index in [-0.39, 0.29) is 17.9 Å². The zero-order chi connectivity index (χ0) is 15.5. The fourth-order valence-corrected chi connectivity index (χ4v) is 3.36. The Bertz CT molecular complexity index is 458. The summed E-state index contributed by atoms with van der Waals surface area (Å²) in [7, 11) is 0.